The van der Waals surface area contributed by atoms with E-state index in [9.17, 15) is 4.39 Å². The Bertz CT molecular complexity index is 554. The lowest BCUT2D eigenvalue weighted by Gasteiger charge is -2.23. The molecule has 0 bridgehead atoms. The minimum Gasteiger partial charge on any atom is -0.338 e. The van der Waals surface area contributed by atoms with E-state index in [1.165, 1.54) is 6.07 Å². The zero-order chi connectivity index (χ0) is 14.5. The van der Waals surface area contributed by atoms with Crippen LogP contribution in [0.1, 0.15) is 32.0 Å². The zero-order valence-electron chi connectivity index (χ0n) is 11.9. The second-order valence-corrected chi connectivity index (χ2v) is 4.65. The van der Waals surface area contributed by atoms with Gasteiger partial charge in [0.2, 0.25) is 0 Å². The maximum absolute atomic E-state index is 13.9. The van der Waals surface area contributed by atoms with Crippen LogP contribution in [0.15, 0.2) is 42.6 Å². The van der Waals surface area contributed by atoms with Gasteiger partial charge in [-0.05, 0) is 37.6 Å². The van der Waals surface area contributed by atoms with Crippen molar-refractivity contribution in [3.05, 3.63) is 54.1 Å². The third-order valence-corrected chi connectivity index (χ3v) is 3.36. The highest BCUT2D eigenvalue weighted by molar-refractivity contribution is 5.62. The van der Waals surface area contributed by atoms with E-state index >= 15 is 0 Å². The molecule has 1 atom stereocenters. The van der Waals surface area contributed by atoms with Gasteiger partial charge in [-0.15, -0.1) is 0 Å². The number of aromatic nitrogens is 1. The fourth-order valence-electron chi connectivity index (χ4n) is 2.15. The molecule has 0 saturated heterocycles. The summed E-state index contributed by atoms with van der Waals surface area (Å²) in [5, 5.41) is 0. The van der Waals surface area contributed by atoms with Gasteiger partial charge in [0.1, 0.15) is 5.82 Å². The molecule has 0 aliphatic heterocycles. The molecule has 0 spiro atoms. The molecule has 4 heteroatoms. The summed E-state index contributed by atoms with van der Waals surface area (Å²) in [5.74, 6) is -0.233. The van der Waals surface area contributed by atoms with Gasteiger partial charge in [-0.25, -0.2) is 4.39 Å². The van der Waals surface area contributed by atoms with Crippen molar-refractivity contribution in [2.75, 3.05) is 11.4 Å². The minimum atomic E-state index is -0.233. The summed E-state index contributed by atoms with van der Waals surface area (Å²) in [4.78, 5) is 6.28. The minimum absolute atomic E-state index is 0.0485. The quantitative estimate of drug-likeness (QED) is 0.901. The van der Waals surface area contributed by atoms with E-state index in [4.69, 9.17) is 5.73 Å². The van der Waals surface area contributed by atoms with Crippen LogP contribution < -0.4 is 10.6 Å². The average Bonchev–Trinajstić information content (AvgIpc) is 2.50. The summed E-state index contributed by atoms with van der Waals surface area (Å²) in [5.41, 5.74) is 8.24. The smallest absolute Gasteiger partial charge is 0.146 e. The normalized spacial score (nSPS) is 12.2. The summed E-state index contributed by atoms with van der Waals surface area (Å²) in [6.07, 6.45) is 2.60. The Morgan fingerprint density at radius 1 is 1.20 bits per heavy atom. The molecular formula is C16H20FN3. The highest BCUT2D eigenvalue weighted by Crippen LogP contribution is 2.27. The Balaban J connectivity index is 2.31. The van der Waals surface area contributed by atoms with Gasteiger partial charge in [0.15, 0.2) is 0 Å². The average molecular weight is 273 g/mol. The molecule has 3 nitrogen and oxygen atoms in total. The predicted molar refractivity (Wildman–Crippen MR) is 80.5 cm³/mol. The van der Waals surface area contributed by atoms with Gasteiger partial charge in [-0.1, -0.05) is 19.1 Å². The molecule has 1 heterocycles. The topological polar surface area (TPSA) is 42.1 Å². The van der Waals surface area contributed by atoms with E-state index in [2.05, 4.69) is 4.98 Å². The van der Waals surface area contributed by atoms with Crippen molar-refractivity contribution < 1.29 is 4.39 Å². The number of nitrogens with two attached hydrogens (primary N) is 1. The first kappa shape index (κ1) is 14.5. The maximum atomic E-state index is 13.9. The number of rotatable bonds is 5. The van der Waals surface area contributed by atoms with E-state index in [0.717, 1.165) is 17.8 Å². The Labute approximate surface area is 119 Å². The Hall–Kier alpha value is -1.94. The first-order valence-corrected chi connectivity index (χ1v) is 6.91. The summed E-state index contributed by atoms with van der Waals surface area (Å²) < 4.78 is 13.9. The standard InChI is InChI=1S/C16H20FN3/c1-3-14(18)15-10-9-12(11-19-15)20(4-2)16-8-6-5-7-13(16)17/h5-11,14H,3-4,18H2,1-2H3. The molecule has 0 radical (unpaired) electrons. The van der Waals surface area contributed by atoms with Gasteiger partial charge >= 0.3 is 0 Å². The molecule has 1 aromatic heterocycles. The van der Waals surface area contributed by atoms with Crippen LogP contribution in [0.5, 0.6) is 0 Å². The van der Waals surface area contributed by atoms with Crippen molar-refractivity contribution in [1.29, 1.82) is 0 Å². The molecule has 0 fully saturated rings. The summed E-state index contributed by atoms with van der Waals surface area (Å²) in [6.45, 7) is 4.68. The molecule has 2 rings (SSSR count). The SMILES string of the molecule is CCC(N)c1ccc(N(CC)c2ccccc2F)cn1. The number of benzene rings is 1. The van der Waals surface area contributed by atoms with Gasteiger partial charge < -0.3 is 10.6 Å². The molecule has 1 unspecified atom stereocenters. The first-order chi connectivity index (χ1) is 9.67. The number of hydrogen-bond donors (Lipinski definition) is 1. The molecule has 0 amide bonds. The van der Waals surface area contributed by atoms with Crippen molar-refractivity contribution in [3.8, 4) is 0 Å². The monoisotopic (exact) mass is 273 g/mol. The Kier molecular flexibility index (Phi) is 4.69. The second kappa shape index (κ2) is 6.48. The van der Waals surface area contributed by atoms with Crippen LogP contribution in [0.4, 0.5) is 15.8 Å². The third kappa shape index (κ3) is 2.96. The van der Waals surface area contributed by atoms with Gasteiger partial charge in [0.05, 0.1) is 23.3 Å². The van der Waals surface area contributed by atoms with Crippen molar-refractivity contribution in [2.45, 2.75) is 26.3 Å². The number of pyridine rings is 1. The molecule has 2 aromatic rings. The fourth-order valence-corrected chi connectivity index (χ4v) is 2.15. The highest BCUT2D eigenvalue weighted by Gasteiger charge is 2.12. The Morgan fingerprint density at radius 2 is 1.95 bits per heavy atom. The third-order valence-electron chi connectivity index (χ3n) is 3.36. The first-order valence-electron chi connectivity index (χ1n) is 6.91. The number of anilines is 2. The van der Waals surface area contributed by atoms with E-state index in [1.807, 2.05) is 36.9 Å². The molecule has 2 N–H and O–H groups in total. The van der Waals surface area contributed by atoms with Crippen molar-refractivity contribution in [3.63, 3.8) is 0 Å². The molecular weight excluding hydrogens is 253 g/mol. The van der Waals surface area contributed by atoms with Crippen LogP contribution in [0, 0.1) is 5.82 Å². The van der Waals surface area contributed by atoms with Crippen LogP contribution >= 0.6 is 0 Å². The maximum Gasteiger partial charge on any atom is 0.146 e. The molecule has 1 aromatic carbocycles. The van der Waals surface area contributed by atoms with E-state index in [0.29, 0.717) is 12.2 Å². The van der Waals surface area contributed by atoms with Gasteiger partial charge in [-0.3, -0.25) is 4.98 Å². The van der Waals surface area contributed by atoms with Crippen molar-refractivity contribution in [2.24, 2.45) is 5.73 Å². The van der Waals surface area contributed by atoms with Crippen molar-refractivity contribution >= 4 is 11.4 Å². The summed E-state index contributed by atoms with van der Waals surface area (Å²) in [6, 6.07) is 10.6. The Morgan fingerprint density at radius 3 is 2.50 bits per heavy atom. The van der Waals surface area contributed by atoms with E-state index < -0.39 is 0 Å². The van der Waals surface area contributed by atoms with Crippen LogP contribution in [-0.2, 0) is 0 Å². The number of halogens is 1. The highest BCUT2D eigenvalue weighted by atomic mass is 19.1. The summed E-state index contributed by atoms with van der Waals surface area (Å²) in [7, 11) is 0. The zero-order valence-corrected chi connectivity index (χ0v) is 11.9. The predicted octanol–water partition coefficient (Wildman–Crippen LogP) is 3.79. The molecule has 0 aliphatic carbocycles. The van der Waals surface area contributed by atoms with Crippen LogP contribution in [0.2, 0.25) is 0 Å². The number of hydrogen-bond acceptors (Lipinski definition) is 3. The lowest BCUT2D eigenvalue weighted by atomic mass is 10.1. The molecule has 106 valence electrons. The van der Waals surface area contributed by atoms with Gasteiger partial charge in [0, 0.05) is 12.6 Å². The van der Waals surface area contributed by atoms with Crippen LogP contribution in [0.3, 0.4) is 0 Å². The van der Waals surface area contributed by atoms with Crippen LogP contribution in [-0.4, -0.2) is 11.5 Å². The number of para-hydroxylation sites is 1. The lowest BCUT2D eigenvalue weighted by Crippen LogP contribution is -2.18. The molecule has 20 heavy (non-hydrogen) atoms. The van der Waals surface area contributed by atoms with E-state index in [-0.39, 0.29) is 11.9 Å². The van der Waals surface area contributed by atoms with Crippen LogP contribution in [0.25, 0.3) is 0 Å². The van der Waals surface area contributed by atoms with Gasteiger partial charge in [0.25, 0.3) is 0 Å². The second-order valence-electron chi connectivity index (χ2n) is 4.65. The van der Waals surface area contributed by atoms with Gasteiger partial charge in [-0.2, -0.15) is 0 Å². The summed E-state index contributed by atoms with van der Waals surface area (Å²) >= 11 is 0. The number of nitrogens with zero attached hydrogens (tertiary/aromatic N) is 2. The largest absolute Gasteiger partial charge is 0.338 e. The molecule has 0 aliphatic rings. The fraction of sp³-hybridized carbons (Fsp3) is 0.312. The van der Waals surface area contributed by atoms with Crippen molar-refractivity contribution in [1.82, 2.24) is 4.98 Å². The van der Waals surface area contributed by atoms with E-state index in [1.54, 1.807) is 18.3 Å². The molecule has 0 saturated carbocycles. The lowest BCUT2D eigenvalue weighted by molar-refractivity contribution is 0.625.